The van der Waals surface area contributed by atoms with Crippen LogP contribution in [0.25, 0.3) is 10.1 Å². The van der Waals surface area contributed by atoms with Gasteiger partial charge >= 0.3 is 0 Å². The SMILES string of the molecule is CC(=O)N1CCCCCC1Cc1c(C(=O)N(C)Cc2cc(C)[nH]n2)sc2ccccc12. The van der Waals surface area contributed by atoms with Gasteiger partial charge in [-0.2, -0.15) is 5.10 Å². The number of aromatic amines is 1. The number of H-pyrrole nitrogens is 1. The molecule has 0 aliphatic carbocycles. The summed E-state index contributed by atoms with van der Waals surface area (Å²) in [4.78, 5) is 30.4. The molecule has 1 fully saturated rings. The number of fused-ring (bicyclic) bond motifs is 1. The molecule has 0 bridgehead atoms. The lowest BCUT2D eigenvalue weighted by atomic mass is 9.97. The van der Waals surface area contributed by atoms with Crippen LogP contribution in [0.15, 0.2) is 30.3 Å². The second kappa shape index (κ2) is 9.22. The minimum absolute atomic E-state index is 0.0138. The van der Waals surface area contributed by atoms with Crippen LogP contribution in [0.3, 0.4) is 0 Å². The Hall–Kier alpha value is -2.67. The Morgan fingerprint density at radius 2 is 2.06 bits per heavy atom. The number of hydrogen-bond acceptors (Lipinski definition) is 4. The molecule has 6 nitrogen and oxygen atoms in total. The zero-order valence-corrected chi connectivity index (χ0v) is 19.3. The highest BCUT2D eigenvalue weighted by Crippen LogP contribution is 2.35. The number of likely N-dealkylation sites (tertiary alicyclic amines) is 1. The van der Waals surface area contributed by atoms with Gasteiger partial charge in [0, 0.05) is 37.0 Å². The van der Waals surface area contributed by atoms with E-state index in [0.29, 0.717) is 6.54 Å². The number of carbonyl (C=O) groups excluding carboxylic acids is 2. The van der Waals surface area contributed by atoms with Crippen molar-refractivity contribution in [3.63, 3.8) is 0 Å². The molecule has 2 amide bonds. The minimum Gasteiger partial charge on any atom is -0.340 e. The molecule has 1 N–H and O–H groups in total. The third kappa shape index (κ3) is 4.66. The molecule has 2 aromatic heterocycles. The molecule has 0 saturated carbocycles. The van der Waals surface area contributed by atoms with Gasteiger partial charge in [0.2, 0.25) is 5.91 Å². The summed E-state index contributed by atoms with van der Waals surface area (Å²) in [7, 11) is 1.83. The summed E-state index contributed by atoms with van der Waals surface area (Å²) < 4.78 is 1.12. The second-order valence-corrected chi connectivity index (χ2v) is 9.58. The standard InChI is InChI=1S/C24H30N4O2S/c1-16-13-18(26-25-16)15-27(3)24(30)23-21(20-10-6-7-11-22(20)31-23)14-19-9-5-4-8-12-28(19)17(2)29/h6-7,10-11,13,19H,4-5,8-9,12,14-15H2,1-3H3,(H,25,26). The summed E-state index contributed by atoms with van der Waals surface area (Å²) in [6.07, 6.45) is 5.04. The van der Waals surface area contributed by atoms with E-state index in [1.165, 1.54) is 0 Å². The van der Waals surface area contributed by atoms with Gasteiger partial charge in [-0.15, -0.1) is 11.3 Å². The van der Waals surface area contributed by atoms with Crippen LogP contribution >= 0.6 is 11.3 Å². The average molecular weight is 439 g/mol. The van der Waals surface area contributed by atoms with Crippen molar-refractivity contribution in [2.45, 2.75) is 58.5 Å². The van der Waals surface area contributed by atoms with Gasteiger partial charge in [0.15, 0.2) is 0 Å². The fourth-order valence-electron chi connectivity index (χ4n) is 4.56. The van der Waals surface area contributed by atoms with Gasteiger partial charge in [-0.3, -0.25) is 14.7 Å². The number of carbonyl (C=O) groups is 2. The van der Waals surface area contributed by atoms with Crippen molar-refractivity contribution in [2.75, 3.05) is 13.6 Å². The molecule has 164 valence electrons. The average Bonchev–Trinajstić information content (AvgIpc) is 3.22. The number of thiophene rings is 1. The molecule has 3 aromatic rings. The molecule has 3 heterocycles. The quantitative estimate of drug-likeness (QED) is 0.636. The van der Waals surface area contributed by atoms with E-state index in [-0.39, 0.29) is 17.9 Å². The lowest BCUT2D eigenvalue weighted by Crippen LogP contribution is -2.40. The van der Waals surface area contributed by atoms with E-state index in [4.69, 9.17) is 0 Å². The lowest BCUT2D eigenvalue weighted by molar-refractivity contribution is -0.131. The molecule has 0 radical (unpaired) electrons. The molecular weight excluding hydrogens is 408 g/mol. The normalized spacial score (nSPS) is 17.0. The third-order valence-corrected chi connectivity index (χ3v) is 7.32. The number of rotatable bonds is 5. The van der Waals surface area contributed by atoms with Gasteiger partial charge in [-0.25, -0.2) is 0 Å². The first kappa shape index (κ1) is 21.6. The predicted molar refractivity (Wildman–Crippen MR) is 124 cm³/mol. The van der Waals surface area contributed by atoms with Crippen molar-refractivity contribution in [3.8, 4) is 0 Å². The van der Waals surface area contributed by atoms with Gasteiger partial charge in [0.05, 0.1) is 17.1 Å². The Morgan fingerprint density at radius 1 is 1.26 bits per heavy atom. The Balaban J connectivity index is 1.66. The van der Waals surface area contributed by atoms with E-state index in [9.17, 15) is 9.59 Å². The summed E-state index contributed by atoms with van der Waals surface area (Å²) in [6, 6.07) is 10.3. The highest BCUT2D eigenvalue weighted by Gasteiger charge is 2.28. The third-order valence-electron chi connectivity index (χ3n) is 6.12. The van der Waals surface area contributed by atoms with Crippen molar-refractivity contribution in [2.24, 2.45) is 0 Å². The van der Waals surface area contributed by atoms with E-state index in [1.807, 2.05) is 37.1 Å². The molecule has 1 saturated heterocycles. The van der Waals surface area contributed by atoms with Crippen molar-refractivity contribution < 1.29 is 9.59 Å². The molecule has 4 rings (SSSR count). The molecule has 1 unspecified atom stereocenters. The van der Waals surface area contributed by atoms with Crippen LogP contribution in [0.1, 0.15) is 59.2 Å². The lowest BCUT2D eigenvalue weighted by Gasteiger charge is -2.29. The van der Waals surface area contributed by atoms with Crippen molar-refractivity contribution >= 4 is 33.2 Å². The Kier molecular flexibility index (Phi) is 6.41. The molecule has 7 heteroatoms. The first-order valence-electron chi connectivity index (χ1n) is 11.0. The number of aromatic nitrogens is 2. The van der Waals surface area contributed by atoms with Crippen LogP contribution in [-0.4, -0.2) is 51.4 Å². The number of nitrogens with zero attached hydrogens (tertiary/aromatic N) is 3. The zero-order chi connectivity index (χ0) is 22.0. The smallest absolute Gasteiger partial charge is 0.264 e. The Bertz CT molecular complexity index is 1090. The topological polar surface area (TPSA) is 69.3 Å². The van der Waals surface area contributed by atoms with Gasteiger partial charge < -0.3 is 9.80 Å². The molecule has 1 aliphatic heterocycles. The highest BCUT2D eigenvalue weighted by atomic mass is 32.1. The number of benzene rings is 1. The monoisotopic (exact) mass is 438 g/mol. The summed E-state index contributed by atoms with van der Waals surface area (Å²) in [5.41, 5.74) is 2.91. The molecular formula is C24H30N4O2S. The zero-order valence-electron chi connectivity index (χ0n) is 18.5. The van der Waals surface area contributed by atoms with E-state index < -0.39 is 0 Å². The summed E-state index contributed by atoms with van der Waals surface area (Å²) >= 11 is 1.56. The summed E-state index contributed by atoms with van der Waals surface area (Å²) in [5, 5.41) is 8.34. The Morgan fingerprint density at radius 3 is 2.81 bits per heavy atom. The van der Waals surface area contributed by atoms with Gasteiger partial charge in [-0.1, -0.05) is 31.0 Å². The molecule has 31 heavy (non-hydrogen) atoms. The maximum atomic E-state index is 13.5. The van der Waals surface area contributed by atoms with Crippen LogP contribution < -0.4 is 0 Å². The van der Waals surface area contributed by atoms with E-state index in [1.54, 1.807) is 23.2 Å². The molecule has 0 spiro atoms. The molecule has 1 atom stereocenters. The first-order valence-corrected chi connectivity index (χ1v) is 11.8. The number of nitrogens with one attached hydrogen (secondary N) is 1. The van der Waals surface area contributed by atoms with Gasteiger partial charge in [0.25, 0.3) is 5.91 Å². The number of aryl methyl sites for hydroxylation is 1. The van der Waals surface area contributed by atoms with Crippen LogP contribution in [-0.2, 0) is 17.8 Å². The van der Waals surface area contributed by atoms with E-state index in [0.717, 1.165) is 70.6 Å². The summed E-state index contributed by atoms with van der Waals surface area (Å²) in [5.74, 6) is 0.144. The summed E-state index contributed by atoms with van der Waals surface area (Å²) in [6.45, 7) is 4.88. The first-order chi connectivity index (χ1) is 14.9. The molecule has 1 aliphatic rings. The Labute approximate surface area is 187 Å². The van der Waals surface area contributed by atoms with Crippen molar-refractivity contribution in [1.82, 2.24) is 20.0 Å². The van der Waals surface area contributed by atoms with Crippen LogP contribution in [0.4, 0.5) is 0 Å². The van der Waals surface area contributed by atoms with Gasteiger partial charge in [0.1, 0.15) is 0 Å². The van der Waals surface area contributed by atoms with Crippen LogP contribution in [0.5, 0.6) is 0 Å². The minimum atomic E-state index is 0.0138. The fourth-order valence-corrected chi connectivity index (χ4v) is 5.78. The highest BCUT2D eigenvalue weighted by molar-refractivity contribution is 7.21. The molecule has 1 aromatic carbocycles. The fraction of sp³-hybridized carbons (Fsp3) is 0.458. The maximum Gasteiger partial charge on any atom is 0.264 e. The number of hydrogen-bond donors (Lipinski definition) is 1. The van der Waals surface area contributed by atoms with Gasteiger partial charge in [-0.05, 0) is 49.3 Å². The number of amides is 2. The van der Waals surface area contributed by atoms with Crippen molar-refractivity contribution in [3.05, 3.63) is 52.2 Å². The predicted octanol–water partition coefficient (Wildman–Crippen LogP) is 4.54. The second-order valence-electron chi connectivity index (χ2n) is 8.53. The van der Waals surface area contributed by atoms with Crippen molar-refractivity contribution in [1.29, 1.82) is 0 Å². The maximum absolute atomic E-state index is 13.5. The van der Waals surface area contributed by atoms with Crippen LogP contribution in [0.2, 0.25) is 0 Å². The van der Waals surface area contributed by atoms with E-state index >= 15 is 0 Å². The van der Waals surface area contributed by atoms with E-state index in [2.05, 4.69) is 22.3 Å². The largest absolute Gasteiger partial charge is 0.340 e. The van der Waals surface area contributed by atoms with Crippen LogP contribution in [0, 0.1) is 6.92 Å².